The molecule has 0 aliphatic carbocycles. The number of hydrogen-bond acceptors (Lipinski definition) is 5. The first-order valence-electron chi connectivity index (χ1n) is 6.53. The zero-order valence-corrected chi connectivity index (χ0v) is 11.3. The lowest BCUT2D eigenvalue weighted by Gasteiger charge is -2.19. The maximum absolute atomic E-state index is 13.4. The smallest absolute Gasteiger partial charge is 0.327 e. The zero-order chi connectivity index (χ0) is 14.5. The number of rotatable bonds is 5. The Kier molecular flexibility index (Phi) is 4.92. The van der Waals surface area contributed by atoms with E-state index in [2.05, 4.69) is 5.32 Å². The summed E-state index contributed by atoms with van der Waals surface area (Å²) in [7, 11) is 1.28. The second kappa shape index (κ2) is 6.67. The number of nitrogens with one attached hydrogen (secondary N) is 1. The van der Waals surface area contributed by atoms with Gasteiger partial charge in [-0.05, 0) is 30.5 Å². The minimum Gasteiger partial charge on any atom is -0.505 e. The molecule has 0 spiro atoms. The fourth-order valence-electron chi connectivity index (χ4n) is 2.21. The number of carbonyl (C=O) groups excluding carboxylic acids is 1. The van der Waals surface area contributed by atoms with Gasteiger partial charge in [-0.1, -0.05) is 6.07 Å². The highest BCUT2D eigenvalue weighted by molar-refractivity contribution is 5.77. The summed E-state index contributed by atoms with van der Waals surface area (Å²) >= 11 is 0. The Bertz CT molecular complexity index is 474. The van der Waals surface area contributed by atoms with Gasteiger partial charge in [-0.15, -0.1) is 0 Å². The van der Waals surface area contributed by atoms with E-state index in [1.807, 2.05) is 0 Å². The molecule has 1 heterocycles. The molecule has 1 aromatic carbocycles. The molecule has 0 saturated carbocycles. The van der Waals surface area contributed by atoms with Crippen molar-refractivity contribution in [2.75, 3.05) is 20.3 Å². The summed E-state index contributed by atoms with van der Waals surface area (Å²) in [4.78, 5) is 11.8. The zero-order valence-electron chi connectivity index (χ0n) is 11.3. The first kappa shape index (κ1) is 14.7. The molecule has 1 saturated heterocycles. The van der Waals surface area contributed by atoms with Gasteiger partial charge in [0.2, 0.25) is 0 Å². The van der Waals surface area contributed by atoms with Crippen LogP contribution in [0.1, 0.15) is 24.4 Å². The van der Waals surface area contributed by atoms with E-state index in [0.717, 1.165) is 25.5 Å². The quantitative estimate of drug-likeness (QED) is 0.802. The molecular formula is C14H18FNO4. The van der Waals surface area contributed by atoms with Crippen LogP contribution in [0.5, 0.6) is 5.75 Å². The SMILES string of the molecule is COC(=O)C(NCC1CCCO1)c1ccc(O)c(F)c1. The lowest BCUT2D eigenvalue weighted by molar-refractivity contribution is -0.143. The molecule has 0 aromatic heterocycles. The predicted octanol–water partition coefficient (Wildman–Crippen LogP) is 1.51. The van der Waals surface area contributed by atoms with Gasteiger partial charge in [0.1, 0.15) is 6.04 Å². The van der Waals surface area contributed by atoms with Crippen LogP contribution in [0.15, 0.2) is 18.2 Å². The molecular weight excluding hydrogens is 265 g/mol. The van der Waals surface area contributed by atoms with Crippen LogP contribution in [0, 0.1) is 5.82 Å². The van der Waals surface area contributed by atoms with E-state index >= 15 is 0 Å². The monoisotopic (exact) mass is 283 g/mol. The topological polar surface area (TPSA) is 67.8 Å². The van der Waals surface area contributed by atoms with Crippen molar-refractivity contribution in [3.8, 4) is 5.75 Å². The molecule has 1 aliphatic heterocycles. The summed E-state index contributed by atoms with van der Waals surface area (Å²) in [6.07, 6.45) is 2.00. The van der Waals surface area contributed by atoms with Gasteiger partial charge in [0.05, 0.1) is 13.2 Å². The van der Waals surface area contributed by atoms with E-state index in [9.17, 15) is 14.3 Å². The summed E-state index contributed by atoms with van der Waals surface area (Å²) in [5.41, 5.74) is 0.408. The summed E-state index contributed by atoms with van der Waals surface area (Å²) < 4.78 is 23.6. The molecule has 2 atom stereocenters. The summed E-state index contributed by atoms with van der Waals surface area (Å²) in [5, 5.41) is 12.2. The Morgan fingerprint density at radius 1 is 1.65 bits per heavy atom. The number of phenols is 1. The van der Waals surface area contributed by atoms with E-state index in [-0.39, 0.29) is 6.10 Å². The normalized spacial score (nSPS) is 19.8. The van der Waals surface area contributed by atoms with Gasteiger partial charge < -0.3 is 14.6 Å². The van der Waals surface area contributed by atoms with Crippen LogP contribution in [0.3, 0.4) is 0 Å². The van der Waals surface area contributed by atoms with Crippen LogP contribution in [0.25, 0.3) is 0 Å². The Labute approximate surface area is 116 Å². The number of aromatic hydroxyl groups is 1. The molecule has 110 valence electrons. The van der Waals surface area contributed by atoms with Crippen molar-refractivity contribution in [3.63, 3.8) is 0 Å². The average Bonchev–Trinajstić information content (AvgIpc) is 2.95. The van der Waals surface area contributed by atoms with Gasteiger partial charge in [0.15, 0.2) is 11.6 Å². The van der Waals surface area contributed by atoms with Crippen LogP contribution in [0.4, 0.5) is 4.39 Å². The summed E-state index contributed by atoms with van der Waals surface area (Å²) in [6.45, 7) is 1.21. The number of benzene rings is 1. The van der Waals surface area contributed by atoms with Crippen molar-refractivity contribution >= 4 is 5.97 Å². The van der Waals surface area contributed by atoms with Crippen LogP contribution in [-0.2, 0) is 14.3 Å². The first-order chi connectivity index (χ1) is 9.61. The van der Waals surface area contributed by atoms with Gasteiger partial charge in [0.25, 0.3) is 0 Å². The average molecular weight is 283 g/mol. The van der Waals surface area contributed by atoms with E-state index in [1.165, 1.54) is 19.2 Å². The van der Waals surface area contributed by atoms with Crippen molar-refractivity contribution < 1.29 is 23.8 Å². The van der Waals surface area contributed by atoms with Gasteiger partial charge >= 0.3 is 5.97 Å². The standard InChI is InChI=1S/C14H18FNO4/c1-19-14(18)13(16-8-10-3-2-6-20-10)9-4-5-12(17)11(15)7-9/h4-5,7,10,13,16-17H,2-3,6,8H2,1H3. The summed E-state index contributed by atoms with van der Waals surface area (Å²) in [5.74, 6) is -1.72. The lowest BCUT2D eigenvalue weighted by Crippen LogP contribution is -2.35. The molecule has 0 amide bonds. The fraction of sp³-hybridized carbons (Fsp3) is 0.500. The molecule has 2 N–H and O–H groups in total. The highest BCUT2D eigenvalue weighted by Crippen LogP contribution is 2.22. The van der Waals surface area contributed by atoms with Crippen LogP contribution >= 0.6 is 0 Å². The number of carbonyl (C=O) groups is 1. The molecule has 5 nitrogen and oxygen atoms in total. The Morgan fingerprint density at radius 3 is 3.05 bits per heavy atom. The first-order valence-corrected chi connectivity index (χ1v) is 6.53. The third kappa shape index (κ3) is 3.46. The number of methoxy groups -OCH3 is 1. The number of esters is 1. The highest BCUT2D eigenvalue weighted by atomic mass is 19.1. The van der Waals surface area contributed by atoms with Crippen molar-refractivity contribution in [3.05, 3.63) is 29.6 Å². The largest absolute Gasteiger partial charge is 0.505 e. The van der Waals surface area contributed by atoms with Crippen molar-refractivity contribution in [2.45, 2.75) is 25.0 Å². The van der Waals surface area contributed by atoms with Crippen LogP contribution in [-0.4, -0.2) is 37.4 Å². The minimum atomic E-state index is -0.778. The van der Waals surface area contributed by atoms with Gasteiger partial charge in [0, 0.05) is 13.2 Å². The molecule has 0 radical (unpaired) electrons. The number of hydrogen-bond donors (Lipinski definition) is 2. The van der Waals surface area contributed by atoms with Gasteiger partial charge in [-0.3, -0.25) is 5.32 Å². The van der Waals surface area contributed by atoms with E-state index in [0.29, 0.717) is 12.1 Å². The van der Waals surface area contributed by atoms with Gasteiger partial charge in [-0.2, -0.15) is 0 Å². The van der Waals surface area contributed by atoms with E-state index in [1.54, 1.807) is 0 Å². The minimum absolute atomic E-state index is 0.0594. The predicted molar refractivity (Wildman–Crippen MR) is 69.8 cm³/mol. The molecule has 20 heavy (non-hydrogen) atoms. The second-order valence-electron chi connectivity index (χ2n) is 4.71. The van der Waals surface area contributed by atoms with Crippen LogP contribution < -0.4 is 5.32 Å². The number of phenolic OH excluding ortho intramolecular Hbond substituents is 1. The maximum Gasteiger partial charge on any atom is 0.327 e. The fourth-order valence-corrected chi connectivity index (χ4v) is 2.21. The molecule has 1 aromatic rings. The summed E-state index contributed by atoms with van der Waals surface area (Å²) in [6, 6.07) is 3.05. The van der Waals surface area contributed by atoms with Crippen LogP contribution in [0.2, 0.25) is 0 Å². The lowest BCUT2D eigenvalue weighted by atomic mass is 10.1. The van der Waals surface area contributed by atoms with E-state index in [4.69, 9.17) is 9.47 Å². The van der Waals surface area contributed by atoms with E-state index < -0.39 is 23.6 Å². The molecule has 6 heteroatoms. The van der Waals surface area contributed by atoms with Crippen molar-refractivity contribution in [1.29, 1.82) is 0 Å². The molecule has 0 bridgehead atoms. The Morgan fingerprint density at radius 2 is 2.45 bits per heavy atom. The molecule has 1 aliphatic rings. The number of ether oxygens (including phenoxy) is 2. The van der Waals surface area contributed by atoms with Crippen molar-refractivity contribution in [1.82, 2.24) is 5.32 Å². The van der Waals surface area contributed by atoms with Gasteiger partial charge in [-0.25, -0.2) is 9.18 Å². The number of halogens is 1. The third-order valence-corrected chi connectivity index (χ3v) is 3.32. The Hall–Kier alpha value is -1.66. The molecule has 2 rings (SSSR count). The third-order valence-electron chi connectivity index (χ3n) is 3.32. The molecule has 1 fully saturated rings. The second-order valence-corrected chi connectivity index (χ2v) is 4.71. The maximum atomic E-state index is 13.4. The highest BCUT2D eigenvalue weighted by Gasteiger charge is 2.24. The Balaban J connectivity index is 2.09. The van der Waals surface area contributed by atoms with Crippen molar-refractivity contribution in [2.24, 2.45) is 0 Å². The molecule has 2 unspecified atom stereocenters.